The van der Waals surface area contributed by atoms with Crippen molar-refractivity contribution < 1.29 is 14.6 Å². The van der Waals surface area contributed by atoms with Gasteiger partial charge >= 0.3 is 0 Å². The summed E-state index contributed by atoms with van der Waals surface area (Å²) < 4.78 is 7.78. The van der Waals surface area contributed by atoms with Crippen LogP contribution in [0.25, 0.3) is 11.0 Å². The number of para-hydroxylation sites is 2. The number of nitrogens with zero attached hydrogens (tertiary/aromatic N) is 2. The van der Waals surface area contributed by atoms with Gasteiger partial charge in [0.1, 0.15) is 24.3 Å². The minimum Gasteiger partial charge on any atom is -0.491 e. The average Bonchev–Trinajstić information content (AvgIpc) is 3.18. The van der Waals surface area contributed by atoms with Crippen LogP contribution in [0, 0.1) is 0 Å². The maximum Gasteiger partial charge on any atom is 0.251 e. The zero-order chi connectivity index (χ0) is 24.1. The van der Waals surface area contributed by atoms with Crippen LogP contribution in [0.5, 0.6) is 5.75 Å². The van der Waals surface area contributed by atoms with E-state index in [0.717, 1.165) is 16.8 Å². The number of fused-ring (bicyclic) bond motifs is 1. The molecule has 0 aliphatic carbocycles. The van der Waals surface area contributed by atoms with Gasteiger partial charge in [-0.1, -0.05) is 63.2 Å². The Morgan fingerprint density at radius 3 is 2.38 bits per heavy atom. The highest BCUT2D eigenvalue weighted by Gasteiger charge is 2.17. The first-order chi connectivity index (χ1) is 16.3. The number of rotatable bonds is 8. The molecule has 6 heteroatoms. The van der Waals surface area contributed by atoms with E-state index < -0.39 is 6.10 Å². The van der Waals surface area contributed by atoms with Crippen molar-refractivity contribution in [2.24, 2.45) is 0 Å². The highest BCUT2D eigenvalue weighted by atomic mass is 16.5. The fraction of sp³-hybridized carbons (Fsp3) is 0.286. The lowest BCUT2D eigenvalue weighted by atomic mass is 9.87. The summed E-state index contributed by atoms with van der Waals surface area (Å²) in [5, 5.41) is 13.7. The Hall–Kier alpha value is -3.64. The van der Waals surface area contributed by atoms with Gasteiger partial charge in [-0.05, 0) is 47.4 Å². The highest BCUT2D eigenvalue weighted by molar-refractivity contribution is 5.94. The van der Waals surface area contributed by atoms with Crippen LogP contribution in [-0.2, 0) is 18.5 Å². The number of ether oxygens (including phenoxy) is 1. The van der Waals surface area contributed by atoms with Crippen LogP contribution < -0.4 is 10.1 Å². The van der Waals surface area contributed by atoms with Crippen LogP contribution in [0.2, 0.25) is 0 Å². The van der Waals surface area contributed by atoms with Crippen LogP contribution in [0.3, 0.4) is 0 Å². The summed E-state index contributed by atoms with van der Waals surface area (Å²) in [4.78, 5) is 17.2. The Balaban J connectivity index is 1.43. The van der Waals surface area contributed by atoms with Gasteiger partial charge in [-0.15, -0.1) is 0 Å². The minimum absolute atomic E-state index is 0.0762. The molecule has 0 aliphatic heterocycles. The molecule has 6 nitrogen and oxygen atoms in total. The lowest BCUT2D eigenvalue weighted by Crippen LogP contribution is -2.28. The summed E-state index contributed by atoms with van der Waals surface area (Å²) >= 11 is 0. The first-order valence-electron chi connectivity index (χ1n) is 11.5. The lowest BCUT2D eigenvalue weighted by molar-refractivity contribution is 0.0917. The van der Waals surface area contributed by atoms with Gasteiger partial charge < -0.3 is 19.7 Å². The van der Waals surface area contributed by atoms with Crippen molar-refractivity contribution in [3.63, 3.8) is 0 Å². The standard InChI is InChI=1S/C28H31N3O3/c1-28(2,3)21-13-15-23(16-14-21)34-19-22(32)18-31-25-12-8-7-11-24(25)30-26(31)17-29-27(33)20-9-5-4-6-10-20/h4-16,22,32H,17-19H2,1-3H3,(H,29,33). The Kier molecular flexibility index (Phi) is 6.98. The van der Waals surface area contributed by atoms with E-state index in [9.17, 15) is 9.90 Å². The maximum atomic E-state index is 12.5. The van der Waals surface area contributed by atoms with Crippen molar-refractivity contribution in [3.8, 4) is 5.75 Å². The molecule has 34 heavy (non-hydrogen) atoms. The van der Waals surface area contributed by atoms with E-state index in [-0.39, 0.29) is 24.5 Å². The smallest absolute Gasteiger partial charge is 0.251 e. The topological polar surface area (TPSA) is 76.4 Å². The van der Waals surface area contributed by atoms with Gasteiger partial charge in [0.2, 0.25) is 0 Å². The van der Waals surface area contributed by atoms with Crippen LogP contribution in [0.4, 0.5) is 0 Å². The zero-order valence-electron chi connectivity index (χ0n) is 19.9. The SMILES string of the molecule is CC(C)(C)c1ccc(OCC(O)Cn2c(CNC(=O)c3ccccc3)nc3ccccc32)cc1. The molecule has 4 aromatic rings. The number of amides is 1. The van der Waals surface area contributed by atoms with Crippen molar-refractivity contribution in [3.05, 3.63) is 95.8 Å². The second-order valence-corrected chi connectivity index (χ2v) is 9.42. The van der Waals surface area contributed by atoms with Crippen LogP contribution in [0.1, 0.15) is 42.5 Å². The number of carbonyl (C=O) groups is 1. The molecule has 0 saturated carbocycles. The van der Waals surface area contributed by atoms with Gasteiger partial charge in [0.15, 0.2) is 0 Å². The van der Waals surface area contributed by atoms with Crippen molar-refractivity contribution in [2.75, 3.05) is 6.61 Å². The summed E-state index contributed by atoms with van der Waals surface area (Å²) in [5.74, 6) is 1.23. The Morgan fingerprint density at radius 1 is 1.00 bits per heavy atom. The lowest BCUT2D eigenvalue weighted by Gasteiger charge is -2.20. The molecule has 4 rings (SSSR count). The monoisotopic (exact) mass is 457 g/mol. The molecule has 3 aromatic carbocycles. The molecule has 2 N–H and O–H groups in total. The number of hydrogen-bond donors (Lipinski definition) is 2. The summed E-state index contributed by atoms with van der Waals surface area (Å²) in [6.45, 7) is 7.21. The molecule has 0 aliphatic rings. The van der Waals surface area contributed by atoms with E-state index in [0.29, 0.717) is 17.9 Å². The molecule has 1 unspecified atom stereocenters. The minimum atomic E-state index is -0.747. The van der Waals surface area contributed by atoms with Crippen molar-refractivity contribution in [1.82, 2.24) is 14.9 Å². The van der Waals surface area contributed by atoms with Crippen LogP contribution >= 0.6 is 0 Å². The van der Waals surface area contributed by atoms with Crippen LogP contribution in [0.15, 0.2) is 78.9 Å². The summed E-state index contributed by atoms with van der Waals surface area (Å²) in [6, 6.07) is 24.8. The Morgan fingerprint density at radius 2 is 1.68 bits per heavy atom. The number of aliphatic hydroxyl groups is 1. The van der Waals surface area contributed by atoms with Crippen molar-refractivity contribution in [2.45, 2.75) is 45.4 Å². The number of aliphatic hydroxyl groups excluding tert-OH is 1. The largest absolute Gasteiger partial charge is 0.491 e. The van der Waals surface area contributed by atoms with Gasteiger partial charge in [-0.2, -0.15) is 0 Å². The van der Waals surface area contributed by atoms with Gasteiger partial charge in [0.05, 0.1) is 24.1 Å². The highest BCUT2D eigenvalue weighted by Crippen LogP contribution is 2.24. The molecular weight excluding hydrogens is 426 g/mol. The third-order valence-electron chi connectivity index (χ3n) is 5.73. The molecule has 0 fully saturated rings. The summed E-state index contributed by atoms with van der Waals surface area (Å²) in [5.41, 5.74) is 3.62. The number of benzene rings is 3. The predicted octanol–water partition coefficient (Wildman–Crippen LogP) is 4.70. The quantitative estimate of drug-likeness (QED) is 0.402. The summed E-state index contributed by atoms with van der Waals surface area (Å²) in [7, 11) is 0. The number of carbonyl (C=O) groups excluding carboxylic acids is 1. The predicted molar refractivity (Wildman–Crippen MR) is 134 cm³/mol. The molecule has 1 heterocycles. The molecule has 0 bridgehead atoms. The van der Waals surface area contributed by atoms with Crippen LogP contribution in [-0.4, -0.2) is 33.3 Å². The average molecular weight is 458 g/mol. The maximum absolute atomic E-state index is 12.5. The molecule has 1 amide bonds. The summed E-state index contributed by atoms with van der Waals surface area (Å²) in [6.07, 6.45) is -0.747. The molecule has 0 spiro atoms. The van der Waals surface area contributed by atoms with Crippen molar-refractivity contribution >= 4 is 16.9 Å². The Bertz CT molecular complexity index is 1240. The van der Waals surface area contributed by atoms with Gasteiger partial charge in [-0.3, -0.25) is 4.79 Å². The van der Waals surface area contributed by atoms with E-state index in [1.54, 1.807) is 12.1 Å². The van der Waals surface area contributed by atoms with E-state index in [2.05, 4.69) is 43.2 Å². The fourth-order valence-corrected chi connectivity index (χ4v) is 3.82. The molecular formula is C28H31N3O3. The molecule has 1 atom stereocenters. The molecule has 1 aromatic heterocycles. The normalized spacial score (nSPS) is 12.5. The van der Waals surface area contributed by atoms with Gasteiger partial charge in [-0.25, -0.2) is 4.98 Å². The van der Waals surface area contributed by atoms with E-state index in [4.69, 9.17) is 4.74 Å². The second kappa shape index (κ2) is 10.1. The molecule has 0 saturated heterocycles. The van der Waals surface area contributed by atoms with E-state index >= 15 is 0 Å². The van der Waals surface area contributed by atoms with Gasteiger partial charge in [0, 0.05) is 5.56 Å². The van der Waals surface area contributed by atoms with Gasteiger partial charge in [0.25, 0.3) is 5.91 Å². The second-order valence-electron chi connectivity index (χ2n) is 9.42. The first kappa shape index (κ1) is 23.5. The number of imidazole rings is 1. The van der Waals surface area contributed by atoms with E-state index in [1.807, 2.05) is 59.2 Å². The first-order valence-corrected chi connectivity index (χ1v) is 11.5. The Labute approximate surface area is 200 Å². The van der Waals surface area contributed by atoms with E-state index in [1.165, 1.54) is 5.56 Å². The third-order valence-corrected chi connectivity index (χ3v) is 5.73. The third kappa shape index (κ3) is 5.64. The number of hydrogen-bond acceptors (Lipinski definition) is 4. The van der Waals surface area contributed by atoms with Crippen molar-refractivity contribution in [1.29, 1.82) is 0 Å². The number of nitrogens with one attached hydrogen (secondary N) is 1. The number of aromatic nitrogens is 2. The fourth-order valence-electron chi connectivity index (χ4n) is 3.82. The zero-order valence-corrected chi connectivity index (χ0v) is 19.9. The molecule has 0 radical (unpaired) electrons. The molecule has 176 valence electrons.